The minimum Gasteiger partial charge on any atom is -0.394 e. The van der Waals surface area contributed by atoms with E-state index in [0.717, 1.165) is 28.6 Å². The summed E-state index contributed by atoms with van der Waals surface area (Å²) in [5.74, 6) is 0.509. The topological polar surface area (TPSA) is 81.3 Å². The van der Waals surface area contributed by atoms with Crippen LogP contribution in [0, 0.1) is 0 Å². The Hall–Kier alpha value is -1.24. The largest absolute Gasteiger partial charge is 0.394 e. The van der Waals surface area contributed by atoms with Crippen molar-refractivity contribution < 1.29 is 9.84 Å². The van der Waals surface area contributed by atoms with Crippen LogP contribution in [-0.4, -0.2) is 27.8 Å². The van der Waals surface area contributed by atoms with Crippen LogP contribution >= 0.6 is 11.3 Å². The van der Waals surface area contributed by atoms with Gasteiger partial charge in [0.2, 0.25) is 0 Å². The molecule has 17 heavy (non-hydrogen) atoms. The number of fused-ring (bicyclic) bond motifs is 1. The zero-order valence-corrected chi connectivity index (χ0v) is 9.98. The number of hydrogen-bond donors (Lipinski definition) is 2. The molecule has 2 aromatic rings. The molecule has 3 N–H and O–H groups in total. The smallest absolute Gasteiger partial charge is 0.135 e. The van der Waals surface area contributed by atoms with Gasteiger partial charge in [-0.05, 0) is 12.8 Å². The number of aliphatic hydroxyl groups excluding tert-OH is 1. The molecule has 5 nitrogen and oxygen atoms in total. The number of nitrogens with zero attached hydrogens (tertiary/aromatic N) is 2. The molecule has 1 aliphatic heterocycles. The van der Waals surface area contributed by atoms with Gasteiger partial charge in [-0.3, -0.25) is 0 Å². The molecule has 1 fully saturated rings. The lowest BCUT2D eigenvalue weighted by Gasteiger charge is -2.10. The summed E-state index contributed by atoms with van der Waals surface area (Å²) in [6.07, 6.45) is 3.28. The molecule has 0 spiro atoms. The predicted molar refractivity (Wildman–Crippen MR) is 65.8 cm³/mol. The third-order valence-corrected chi connectivity index (χ3v) is 4.12. The summed E-state index contributed by atoms with van der Waals surface area (Å²) in [5, 5.41) is 11.9. The van der Waals surface area contributed by atoms with E-state index in [1.165, 1.54) is 6.33 Å². The standard InChI is InChI=1S/C11H13N3O2S/c12-11-7-4-17-10(9(7)13-5-14-11)8-2-1-6(3-15)16-8/h4-6,8,15H,1-3H2,(H2,12,13,14)/t6-,8+/m0/s1. The number of anilines is 1. The first-order valence-corrected chi connectivity index (χ1v) is 6.41. The third-order valence-electron chi connectivity index (χ3n) is 3.06. The van der Waals surface area contributed by atoms with Crippen LogP contribution in [-0.2, 0) is 4.74 Å². The van der Waals surface area contributed by atoms with Crippen molar-refractivity contribution in [2.24, 2.45) is 0 Å². The Morgan fingerprint density at radius 2 is 2.35 bits per heavy atom. The molecule has 3 rings (SSSR count). The molecule has 0 radical (unpaired) electrons. The Labute approximate surface area is 102 Å². The van der Waals surface area contributed by atoms with Crippen molar-refractivity contribution in [1.82, 2.24) is 9.97 Å². The van der Waals surface area contributed by atoms with Gasteiger partial charge in [0.1, 0.15) is 12.1 Å². The van der Waals surface area contributed by atoms with E-state index in [1.54, 1.807) is 11.3 Å². The first-order chi connectivity index (χ1) is 8.29. The van der Waals surface area contributed by atoms with E-state index >= 15 is 0 Å². The summed E-state index contributed by atoms with van der Waals surface area (Å²) in [4.78, 5) is 9.33. The summed E-state index contributed by atoms with van der Waals surface area (Å²) in [6.45, 7) is 0.0803. The lowest BCUT2D eigenvalue weighted by atomic mass is 10.1. The zero-order valence-electron chi connectivity index (χ0n) is 9.17. The third kappa shape index (κ3) is 1.78. The van der Waals surface area contributed by atoms with Gasteiger partial charge in [0.25, 0.3) is 0 Å². The molecule has 3 heterocycles. The molecule has 1 saturated heterocycles. The van der Waals surface area contributed by atoms with Gasteiger partial charge < -0.3 is 15.6 Å². The van der Waals surface area contributed by atoms with Gasteiger partial charge in [-0.1, -0.05) is 0 Å². The molecule has 2 aromatic heterocycles. The van der Waals surface area contributed by atoms with E-state index < -0.39 is 0 Å². The summed E-state index contributed by atoms with van der Waals surface area (Å²) < 4.78 is 5.76. The highest BCUT2D eigenvalue weighted by atomic mass is 32.1. The van der Waals surface area contributed by atoms with Crippen LogP contribution in [0.3, 0.4) is 0 Å². The van der Waals surface area contributed by atoms with Crippen molar-refractivity contribution in [3.63, 3.8) is 0 Å². The van der Waals surface area contributed by atoms with Crippen LogP contribution in [0.1, 0.15) is 23.8 Å². The molecule has 0 saturated carbocycles. The van der Waals surface area contributed by atoms with Gasteiger partial charge in [0.15, 0.2) is 0 Å². The molecule has 0 aromatic carbocycles. The molecule has 0 aliphatic carbocycles. The summed E-state index contributed by atoms with van der Waals surface area (Å²) >= 11 is 1.60. The predicted octanol–water partition coefficient (Wildman–Crippen LogP) is 1.49. The first kappa shape index (κ1) is 10.9. The maximum atomic E-state index is 9.07. The number of aliphatic hydroxyl groups is 1. The van der Waals surface area contributed by atoms with Crippen LogP contribution in [0.25, 0.3) is 10.9 Å². The van der Waals surface area contributed by atoms with Gasteiger partial charge >= 0.3 is 0 Å². The highest BCUT2D eigenvalue weighted by Gasteiger charge is 2.28. The number of hydrogen-bond acceptors (Lipinski definition) is 6. The second-order valence-corrected chi connectivity index (χ2v) is 5.04. The van der Waals surface area contributed by atoms with Crippen molar-refractivity contribution in [3.8, 4) is 0 Å². The van der Waals surface area contributed by atoms with E-state index in [-0.39, 0.29) is 18.8 Å². The van der Waals surface area contributed by atoms with Crippen LogP contribution in [0.2, 0.25) is 0 Å². The van der Waals surface area contributed by atoms with Gasteiger partial charge in [0, 0.05) is 5.38 Å². The van der Waals surface area contributed by atoms with Crippen LogP contribution in [0.15, 0.2) is 11.7 Å². The summed E-state index contributed by atoms with van der Waals surface area (Å²) in [5.41, 5.74) is 6.68. The van der Waals surface area contributed by atoms with E-state index in [1.807, 2.05) is 5.38 Å². The average Bonchev–Trinajstić information content (AvgIpc) is 2.94. The Morgan fingerprint density at radius 1 is 1.47 bits per heavy atom. The highest BCUT2D eigenvalue weighted by Crippen LogP contribution is 2.39. The molecule has 2 atom stereocenters. The van der Waals surface area contributed by atoms with Crippen LogP contribution in [0.4, 0.5) is 5.82 Å². The second kappa shape index (κ2) is 4.21. The number of thiophene rings is 1. The summed E-state index contributed by atoms with van der Waals surface area (Å²) in [6, 6.07) is 0. The lowest BCUT2D eigenvalue weighted by molar-refractivity contribution is 0.0129. The first-order valence-electron chi connectivity index (χ1n) is 5.53. The van der Waals surface area contributed by atoms with Crippen molar-refractivity contribution in [2.45, 2.75) is 25.0 Å². The van der Waals surface area contributed by atoms with Gasteiger partial charge in [-0.25, -0.2) is 9.97 Å². The van der Waals surface area contributed by atoms with Crippen molar-refractivity contribution in [2.75, 3.05) is 12.3 Å². The Balaban J connectivity index is 1.99. The fraction of sp³-hybridized carbons (Fsp3) is 0.455. The SMILES string of the molecule is Nc1ncnc2c([C@H]3CC[C@@H](CO)O3)scc12. The maximum absolute atomic E-state index is 9.07. The molecule has 6 heteroatoms. The van der Waals surface area contributed by atoms with E-state index in [2.05, 4.69) is 9.97 Å². The molecule has 0 bridgehead atoms. The number of aromatic nitrogens is 2. The molecular formula is C11H13N3O2S. The maximum Gasteiger partial charge on any atom is 0.135 e. The number of nitrogen functional groups attached to an aromatic ring is 1. The minimum atomic E-state index is -0.0451. The second-order valence-electron chi connectivity index (χ2n) is 4.13. The van der Waals surface area contributed by atoms with Crippen molar-refractivity contribution in [1.29, 1.82) is 0 Å². The molecule has 0 unspecified atom stereocenters. The zero-order chi connectivity index (χ0) is 11.8. The molecular weight excluding hydrogens is 238 g/mol. The lowest BCUT2D eigenvalue weighted by Crippen LogP contribution is -2.10. The quantitative estimate of drug-likeness (QED) is 0.845. The number of nitrogens with two attached hydrogens (primary N) is 1. The van der Waals surface area contributed by atoms with E-state index in [0.29, 0.717) is 5.82 Å². The Bertz CT molecular complexity index is 542. The minimum absolute atomic E-state index is 0.0314. The fourth-order valence-electron chi connectivity index (χ4n) is 2.16. The van der Waals surface area contributed by atoms with Gasteiger partial charge in [0.05, 0.1) is 34.6 Å². The van der Waals surface area contributed by atoms with Gasteiger partial charge in [-0.15, -0.1) is 11.3 Å². The number of rotatable bonds is 2. The van der Waals surface area contributed by atoms with Crippen LogP contribution < -0.4 is 5.73 Å². The van der Waals surface area contributed by atoms with Crippen molar-refractivity contribution in [3.05, 3.63) is 16.6 Å². The summed E-state index contributed by atoms with van der Waals surface area (Å²) in [7, 11) is 0. The highest BCUT2D eigenvalue weighted by molar-refractivity contribution is 7.11. The molecule has 90 valence electrons. The average molecular weight is 251 g/mol. The monoisotopic (exact) mass is 251 g/mol. The fourth-order valence-corrected chi connectivity index (χ4v) is 3.24. The van der Waals surface area contributed by atoms with E-state index in [9.17, 15) is 0 Å². The van der Waals surface area contributed by atoms with Gasteiger partial charge in [-0.2, -0.15) is 0 Å². The normalized spacial score (nSPS) is 24.5. The van der Waals surface area contributed by atoms with Crippen LogP contribution in [0.5, 0.6) is 0 Å². The molecule has 0 amide bonds. The Kier molecular flexibility index (Phi) is 2.70. The Morgan fingerprint density at radius 3 is 3.12 bits per heavy atom. The van der Waals surface area contributed by atoms with Crippen molar-refractivity contribution >= 4 is 28.1 Å². The number of ether oxygens (including phenoxy) is 1. The van der Waals surface area contributed by atoms with E-state index in [4.69, 9.17) is 15.6 Å². The molecule has 1 aliphatic rings.